The van der Waals surface area contributed by atoms with Crippen LogP contribution in [0.2, 0.25) is 10.0 Å². The van der Waals surface area contributed by atoms with Crippen molar-refractivity contribution in [2.45, 2.75) is 24.3 Å². The third-order valence-electron chi connectivity index (χ3n) is 4.65. The normalized spacial score (nSPS) is 22.1. The maximum atomic E-state index is 12.2. The van der Waals surface area contributed by atoms with Crippen molar-refractivity contribution in [1.29, 1.82) is 0 Å². The van der Waals surface area contributed by atoms with Crippen LogP contribution in [0.25, 0.3) is 0 Å². The van der Waals surface area contributed by atoms with E-state index in [-0.39, 0.29) is 22.5 Å². The highest BCUT2D eigenvalue weighted by Crippen LogP contribution is 2.35. The molecule has 0 bridgehead atoms. The Morgan fingerprint density at radius 1 is 1.40 bits per heavy atom. The lowest BCUT2D eigenvalue weighted by molar-refractivity contribution is -0.119. The number of halogens is 2. The number of allylic oxidation sites excluding steroid dienone is 1. The van der Waals surface area contributed by atoms with Crippen molar-refractivity contribution in [1.82, 2.24) is 15.5 Å². The minimum atomic E-state index is -0.479. The predicted molar refractivity (Wildman–Crippen MR) is 123 cm³/mol. The van der Waals surface area contributed by atoms with Crippen LogP contribution in [0, 0.1) is 0 Å². The second kappa shape index (κ2) is 11.0. The second-order valence-electron chi connectivity index (χ2n) is 6.98. The van der Waals surface area contributed by atoms with Crippen LogP contribution in [-0.4, -0.2) is 59.5 Å². The van der Waals surface area contributed by atoms with Crippen LogP contribution in [-0.2, 0) is 20.9 Å². The first-order valence-corrected chi connectivity index (χ1v) is 12.1. The Bertz CT molecular complexity index is 840. The van der Waals surface area contributed by atoms with Crippen molar-refractivity contribution in [3.63, 3.8) is 0 Å². The molecule has 11 heteroatoms. The summed E-state index contributed by atoms with van der Waals surface area (Å²) >= 11 is 15.0. The number of carbonyl (C=O) groups is 2. The van der Waals surface area contributed by atoms with Crippen molar-refractivity contribution >= 4 is 58.5 Å². The molecule has 0 spiro atoms. The van der Waals surface area contributed by atoms with Crippen LogP contribution in [0.4, 0.5) is 0 Å². The van der Waals surface area contributed by atoms with Crippen LogP contribution in [0.1, 0.15) is 12.5 Å². The summed E-state index contributed by atoms with van der Waals surface area (Å²) in [7, 11) is 0. The number of hydrogen-bond acceptors (Lipinski definition) is 7. The molecular formula is C19H24Cl2N4O3S2. The van der Waals surface area contributed by atoms with E-state index >= 15 is 0 Å². The molecule has 1 fully saturated rings. The topological polar surface area (TPSA) is 96.7 Å². The second-order valence-corrected chi connectivity index (χ2v) is 10.5. The molecule has 1 aromatic carbocycles. The third kappa shape index (κ3) is 6.70. The zero-order chi connectivity index (χ0) is 21.7. The van der Waals surface area contributed by atoms with Gasteiger partial charge in [-0.2, -0.15) is 0 Å². The molecule has 1 saturated heterocycles. The average molecular weight is 491 g/mol. The molecule has 0 saturated carbocycles. The number of ether oxygens (including phenoxy) is 1. The predicted octanol–water partition coefficient (Wildman–Crippen LogP) is 2.38. The number of nitrogens with one attached hydrogen (secondary N) is 2. The zero-order valence-corrected chi connectivity index (χ0v) is 19.6. The van der Waals surface area contributed by atoms with Gasteiger partial charge in [-0.05, 0) is 24.6 Å². The van der Waals surface area contributed by atoms with Gasteiger partial charge in [-0.15, -0.1) is 11.8 Å². The maximum absolute atomic E-state index is 12.2. The molecule has 2 aliphatic rings. The first-order chi connectivity index (χ1) is 14.3. The number of nitrogens with zero attached hydrogens (tertiary/aromatic N) is 1. The fourth-order valence-electron chi connectivity index (χ4n) is 3.16. The fraction of sp³-hybridized carbons (Fsp3) is 0.474. The summed E-state index contributed by atoms with van der Waals surface area (Å²) in [5.74, 6) is -0.269. The number of benzene rings is 1. The summed E-state index contributed by atoms with van der Waals surface area (Å²) < 4.78 is 5.69. The number of amides is 2. The highest BCUT2D eigenvalue weighted by atomic mass is 35.5. The van der Waals surface area contributed by atoms with Crippen LogP contribution in [0.15, 0.2) is 28.8 Å². The van der Waals surface area contributed by atoms with Gasteiger partial charge in [-0.1, -0.05) is 41.0 Å². The van der Waals surface area contributed by atoms with Crippen LogP contribution < -0.4 is 16.4 Å². The number of thioether (sulfide) groups is 2. The molecule has 2 heterocycles. The lowest BCUT2D eigenvalue weighted by atomic mass is 10.2. The molecule has 164 valence electrons. The van der Waals surface area contributed by atoms with Gasteiger partial charge in [0.25, 0.3) is 5.91 Å². The van der Waals surface area contributed by atoms with Gasteiger partial charge >= 0.3 is 0 Å². The Morgan fingerprint density at radius 3 is 2.90 bits per heavy atom. The largest absolute Gasteiger partial charge is 0.374 e. The smallest absolute Gasteiger partial charge is 0.265 e. The Morgan fingerprint density at radius 2 is 2.20 bits per heavy atom. The zero-order valence-electron chi connectivity index (χ0n) is 16.5. The van der Waals surface area contributed by atoms with Crippen LogP contribution in [0.5, 0.6) is 0 Å². The Labute approximate surface area is 194 Å². The van der Waals surface area contributed by atoms with E-state index in [9.17, 15) is 9.59 Å². The Balaban J connectivity index is 1.37. The quantitative estimate of drug-likeness (QED) is 0.514. The minimum Gasteiger partial charge on any atom is -0.374 e. The van der Waals surface area contributed by atoms with Gasteiger partial charge in [0.1, 0.15) is 10.4 Å². The van der Waals surface area contributed by atoms with Gasteiger partial charge in [0.15, 0.2) is 0 Å². The first kappa shape index (κ1) is 23.6. The number of morpholine rings is 1. The molecule has 30 heavy (non-hydrogen) atoms. The van der Waals surface area contributed by atoms with Gasteiger partial charge in [0, 0.05) is 31.1 Å². The summed E-state index contributed by atoms with van der Waals surface area (Å²) in [5, 5.41) is 7.06. The standard InChI is InChI=1S/C19H24Cl2N4O3S2/c1-11-17(18(22)27)24-19(30-11)29-10-16(26)23-7-13-9-25(4-5-28-13)8-12-2-3-14(20)15(21)6-12/h2-3,6,13,19,24H,4-5,7-10H2,1H3,(H2,22,27)(H,23,26)/t13-,19?/m0/s1. The summed E-state index contributed by atoms with van der Waals surface area (Å²) in [5.41, 5.74) is 6.83. The number of nitrogens with two attached hydrogens (primary N) is 1. The molecule has 4 N–H and O–H groups in total. The molecule has 2 aliphatic heterocycles. The van der Waals surface area contributed by atoms with Crippen molar-refractivity contribution < 1.29 is 14.3 Å². The highest BCUT2D eigenvalue weighted by molar-refractivity contribution is 8.19. The van der Waals surface area contributed by atoms with E-state index in [1.807, 2.05) is 19.1 Å². The first-order valence-electron chi connectivity index (χ1n) is 9.42. The number of rotatable bonds is 8. The molecule has 3 rings (SSSR count). The van der Waals surface area contributed by atoms with Crippen molar-refractivity contribution in [3.05, 3.63) is 44.4 Å². The SMILES string of the molecule is CC1=C(C(N)=O)NC(SCC(=O)NC[C@H]2CN(Cc3ccc(Cl)c(Cl)c3)CCO2)S1. The lowest BCUT2D eigenvalue weighted by Crippen LogP contribution is -2.47. The molecule has 0 aliphatic carbocycles. The molecule has 1 aromatic rings. The van der Waals surface area contributed by atoms with Crippen molar-refractivity contribution in [2.24, 2.45) is 5.73 Å². The molecule has 0 aromatic heterocycles. The van der Waals surface area contributed by atoms with Crippen molar-refractivity contribution in [3.8, 4) is 0 Å². The van der Waals surface area contributed by atoms with E-state index in [0.29, 0.717) is 28.9 Å². The third-order valence-corrected chi connectivity index (χ3v) is 7.83. The summed E-state index contributed by atoms with van der Waals surface area (Å²) in [6.45, 7) is 5.19. The van der Waals surface area contributed by atoms with Gasteiger partial charge < -0.3 is 21.1 Å². The maximum Gasteiger partial charge on any atom is 0.265 e. The van der Waals surface area contributed by atoms with Gasteiger partial charge in [-0.3, -0.25) is 14.5 Å². The molecule has 1 unspecified atom stereocenters. The van der Waals surface area contributed by atoms with E-state index in [0.717, 1.165) is 30.1 Å². The monoisotopic (exact) mass is 490 g/mol. The van der Waals surface area contributed by atoms with E-state index in [1.54, 1.807) is 6.07 Å². The van der Waals surface area contributed by atoms with Gasteiger partial charge in [0.05, 0.1) is 28.5 Å². The molecule has 0 radical (unpaired) electrons. The van der Waals surface area contributed by atoms with Gasteiger partial charge in [-0.25, -0.2) is 0 Å². The van der Waals surface area contributed by atoms with Crippen LogP contribution >= 0.6 is 46.7 Å². The molecule has 2 atom stereocenters. The summed E-state index contributed by atoms with van der Waals surface area (Å²) in [4.78, 5) is 26.6. The van der Waals surface area contributed by atoms with E-state index < -0.39 is 5.91 Å². The van der Waals surface area contributed by atoms with Crippen molar-refractivity contribution in [2.75, 3.05) is 32.0 Å². The highest BCUT2D eigenvalue weighted by Gasteiger charge is 2.26. The minimum absolute atomic E-state index is 0.0696. The fourth-order valence-corrected chi connectivity index (χ4v) is 5.77. The van der Waals surface area contributed by atoms with E-state index in [1.165, 1.54) is 23.5 Å². The van der Waals surface area contributed by atoms with E-state index in [2.05, 4.69) is 15.5 Å². The average Bonchev–Trinajstić information content (AvgIpc) is 3.09. The summed E-state index contributed by atoms with van der Waals surface area (Å²) in [6, 6.07) is 5.64. The molecular weight excluding hydrogens is 467 g/mol. The van der Waals surface area contributed by atoms with Gasteiger partial charge in [0.2, 0.25) is 5.91 Å². The van der Waals surface area contributed by atoms with E-state index in [4.69, 9.17) is 33.7 Å². The number of carbonyl (C=O) groups excluding carboxylic acids is 2. The number of hydrogen-bond donors (Lipinski definition) is 3. The molecule has 2 amide bonds. The van der Waals surface area contributed by atoms with Crippen LogP contribution in [0.3, 0.4) is 0 Å². The summed E-state index contributed by atoms with van der Waals surface area (Å²) in [6.07, 6.45) is -0.0696. The lowest BCUT2D eigenvalue weighted by Gasteiger charge is -2.33. The Kier molecular flexibility index (Phi) is 8.62. The Hall–Kier alpha value is -1.10. The molecule has 7 nitrogen and oxygen atoms in total. The number of primary amides is 1.